The summed E-state index contributed by atoms with van der Waals surface area (Å²) in [4.78, 5) is 53.9. The molecule has 1 heterocycles. The van der Waals surface area contributed by atoms with Gasteiger partial charge in [-0.05, 0) is 50.5 Å². The van der Waals surface area contributed by atoms with Crippen molar-refractivity contribution in [2.24, 2.45) is 0 Å². The third-order valence-electron chi connectivity index (χ3n) is 6.07. The van der Waals surface area contributed by atoms with Gasteiger partial charge in [-0.1, -0.05) is 32.6 Å². The van der Waals surface area contributed by atoms with Crippen LogP contribution >= 0.6 is 0 Å². The molecule has 0 radical (unpaired) electrons. The van der Waals surface area contributed by atoms with E-state index in [2.05, 4.69) is 0 Å². The number of benzene rings is 1. The Kier molecular flexibility index (Phi) is 7.82. The first-order chi connectivity index (χ1) is 15.0. The summed E-state index contributed by atoms with van der Waals surface area (Å²) in [5.41, 5.74) is 0.772. The number of amides is 3. The summed E-state index contributed by atoms with van der Waals surface area (Å²) in [7, 11) is 0. The molecular weight excluding hydrogens is 396 g/mol. The van der Waals surface area contributed by atoms with Crippen molar-refractivity contribution in [2.75, 3.05) is 11.5 Å². The Morgan fingerprint density at radius 1 is 1.03 bits per heavy atom. The van der Waals surface area contributed by atoms with Gasteiger partial charge in [0.2, 0.25) is 11.8 Å². The standard InChI is InChI=1S/C24H32N2O5/c1-3-9-21(27)25(18-10-7-5-6-8-11-18)20-16-22(28)26(23(20)29)19-14-12-17(13-15-19)24(30)31-4-2/h12-15,18,20H,3-11,16H2,1-2H3. The van der Waals surface area contributed by atoms with Crippen LogP contribution in [-0.4, -0.2) is 47.3 Å². The van der Waals surface area contributed by atoms with E-state index in [1.165, 1.54) is 0 Å². The first-order valence-corrected chi connectivity index (χ1v) is 11.4. The highest BCUT2D eigenvalue weighted by Gasteiger charge is 2.46. The summed E-state index contributed by atoms with van der Waals surface area (Å²) in [6, 6.07) is 5.51. The highest BCUT2D eigenvalue weighted by molar-refractivity contribution is 6.23. The Balaban J connectivity index is 1.83. The predicted molar refractivity (Wildman–Crippen MR) is 117 cm³/mol. The maximum atomic E-state index is 13.3. The van der Waals surface area contributed by atoms with E-state index in [1.54, 1.807) is 36.1 Å². The van der Waals surface area contributed by atoms with Gasteiger partial charge in [0.1, 0.15) is 6.04 Å². The molecule has 1 atom stereocenters. The molecule has 1 aromatic carbocycles. The van der Waals surface area contributed by atoms with Gasteiger partial charge in [0, 0.05) is 12.5 Å². The molecule has 3 amide bonds. The fourth-order valence-corrected chi connectivity index (χ4v) is 4.58. The van der Waals surface area contributed by atoms with E-state index in [1.807, 2.05) is 6.92 Å². The van der Waals surface area contributed by atoms with Crippen LogP contribution in [0.2, 0.25) is 0 Å². The van der Waals surface area contributed by atoms with E-state index in [9.17, 15) is 19.2 Å². The molecule has 2 aliphatic rings. The molecule has 31 heavy (non-hydrogen) atoms. The number of carbonyl (C=O) groups excluding carboxylic acids is 4. The van der Waals surface area contributed by atoms with E-state index in [-0.39, 0.29) is 36.8 Å². The minimum atomic E-state index is -0.751. The van der Waals surface area contributed by atoms with Gasteiger partial charge in [0.15, 0.2) is 0 Å². The summed E-state index contributed by atoms with van der Waals surface area (Å²) in [6.07, 6.45) is 7.20. The van der Waals surface area contributed by atoms with Gasteiger partial charge in [-0.3, -0.25) is 14.4 Å². The molecule has 0 N–H and O–H groups in total. The largest absolute Gasteiger partial charge is 0.462 e. The summed E-state index contributed by atoms with van der Waals surface area (Å²) >= 11 is 0. The Hall–Kier alpha value is -2.70. The normalized spacial score (nSPS) is 19.9. The fourth-order valence-electron chi connectivity index (χ4n) is 4.58. The van der Waals surface area contributed by atoms with Crippen LogP contribution in [0.25, 0.3) is 0 Å². The third kappa shape index (κ3) is 5.14. The molecule has 3 rings (SSSR count). The SMILES string of the molecule is CCCC(=O)N(C1CCCCCC1)C1CC(=O)N(c2ccc(C(=O)OCC)cc2)C1=O. The van der Waals surface area contributed by atoms with Crippen LogP contribution in [0.1, 0.15) is 82.0 Å². The van der Waals surface area contributed by atoms with Crippen molar-refractivity contribution in [2.45, 2.75) is 83.7 Å². The number of carbonyl (C=O) groups is 4. The van der Waals surface area contributed by atoms with Gasteiger partial charge in [-0.15, -0.1) is 0 Å². The second kappa shape index (κ2) is 10.6. The molecule has 1 saturated carbocycles. The van der Waals surface area contributed by atoms with Gasteiger partial charge in [0.05, 0.1) is 24.3 Å². The number of rotatable bonds is 7. The molecule has 7 heteroatoms. The predicted octanol–water partition coefficient (Wildman–Crippen LogP) is 3.85. The Bertz CT molecular complexity index is 812. The van der Waals surface area contributed by atoms with Crippen LogP contribution in [-0.2, 0) is 19.1 Å². The van der Waals surface area contributed by atoms with Crippen molar-refractivity contribution in [3.8, 4) is 0 Å². The summed E-state index contributed by atoms with van der Waals surface area (Å²) in [5, 5.41) is 0. The Morgan fingerprint density at radius 2 is 1.68 bits per heavy atom. The lowest BCUT2D eigenvalue weighted by Gasteiger charge is -2.35. The minimum absolute atomic E-state index is 0.00438. The second-order valence-electron chi connectivity index (χ2n) is 8.25. The number of nitrogens with zero attached hydrogens (tertiary/aromatic N) is 2. The van der Waals surface area contributed by atoms with Crippen LogP contribution in [0.3, 0.4) is 0 Å². The summed E-state index contributed by atoms with van der Waals surface area (Å²) in [5.74, 6) is -1.17. The van der Waals surface area contributed by atoms with Crippen LogP contribution < -0.4 is 4.90 Å². The highest BCUT2D eigenvalue weighted by Crippen LogP contribution is 2.31. The lowest BCUT2D eigenvalue weighted by molar-refractivity contribution is -0.141. The zero-order valence-electron chi connectivity index (χ0n) is 18.5. The van der Waals surface area contributed by atoms with Gasteiger partial charge in [-0.2, -0.15) is 0 Å². The first-order valence-electron chi connectivity index (χ1n) is 11.4. The van der Waals surface area contributed by atoms with Crippen LogP contribution in [0, 0.1) is 0 Å². The zero-order chi connectivity index (χ0) is 22.4. The molecule has 1 unspecified atom stereocenters. The number of esters is 1. The van der Waals surface area contributed by atoms with Crippen LogP contribution in [0.5, 0.6) is 0 Å². The molecule has 0 spiro atoms. The topological polar surface area (TPSA) is 84.0 Å². The number of anilines is 1. The van der Waals surface area contributed by atoms with E-state index in [4.69, 9.17) is 4.74 Å². The minimum Gasteiger partial charge on any atom is -0.462 e. The Labute approximate surface area is 183 Å². The van der Waals surface area contributed by atoms with Crippen LogP contribution in [0.4, 0.5) is 5.69 Å². The molecular formula is C24H32N2O5. The second-order valence-corrected chi connectivity index (χ2v) is 8.25. The molecule has 2 fully saturated rings. The van der Waals surface area contributed by atoms with E-state index in [0.717, 1.165) is 43.4 Å². The van der Waals surface area contributed by atoms with Crippen molar-refractivity contribution in [3.63, 3.8) is 0 Å². The maximum Gasteiger partial charge on any atom is 0.338 e. The average molecular weight is 429 g/mol. The number of hydrogen-bond acceptors (Lipinski definition) is 5. The molecule has 1 aromatic rings. The smallest absolute Gasteiger partial charge is 0.338 e. The number of hydrogen-bond donors (Lipinski definition) is 0. The van der Waals surface area contributed by atoms with Crippen molar-refractivity contribution in [1.82, 2.24) is 4.90 Å². The Morgan fingerprint density at radius 3 is 2.26 bits per heavy atom. The summed E-state index contributed by atoms with van der Waals surface area (Å²) in [6.45, 7) is 3.95. The molecule has 0 bridgehead atoms. The molecule has 7 nitrogen and oxygen atoms in total. The average Bonchev–Trinajstić information content (AvgIpc) is 2.91. The monoisotopic (exact) mass is 428 g/mol. The maximum absolute atomic E-state index is 13.3. The lowest BCUT2D eigenvalue weighted by atomic mass is 10.0. The summed E-state index contributed by atoms with van der Waals surface area (Å²) < 4.78 is 4.98. The van der Waals surface area contributed by atoms with Crippen LogP contribution in [0.15, 0.2) is 24.3 Å². The number of ether oxygens (including phenoxy) is 1. The number of imide groups is 1. The quantitative estimate of drug-likeness (QED) is 0.374. The van der Waals surface area contributed by atoms with E-state index < -0.39 is 12.0 Å². The van der Waals surface area contributed by atoms with Gasteiger partial charge in [-0.25, -0.2) is 9.69 Å². The first kappa shape index (κ1) is 23.0. The lowest BCUT2D eigenvalue weighted by Crippen LogP contribution is -2.50. The fraction of sp³-hybridized carbons (Fsp3) is 0.583. The van der Waals surface area contributed by atoms with Gasteiger partial charge in [0.25, 0.3) is 5.91 Å². The third-order valence-corrected chi connectivity index (χ3v) is 6.07. The van der Waals surface area contributed by atoms with E-state index in [0.29, 0.717) is 24.1 Å². The molecule has 1 aliphatic carbocycles. The van der Waals surface area contributed by atoms with E-state index >= 15 is 0 Å². The van der Waals surface area contributed by atoms with Crippen molar-refractivity contribution < 1.29 is 23.9 Å². The molecule has 1 saturated heterocycles. The molecule has 168 valence electrons. The highest BCUT2D eigenvalue weighted by atomic mass is 16.5. The zero-order valence-corrected chi connectivity index (χ0v) is 18.5. The van der Waals surface area contributed by atoms with Gasteiger partial charge >= 0.3 is 5.97 Å². The van der Waals surface area contributed by atoms with Gasteiger partial charge < -0.3 is 9.64 Å². The van der Waals surface area contributed by atoms with Crippen molar-refractivity contribution in [1.29, 1.82) is 0 Å². The van der Waals surface area contributed by atoms with Crippen molar-refractivity contribution in [3.05, 3.63) is 29.8 Å². The van der Waals surface area contributed by atoms with Crippen molar-refractivity contribution >= 4 is 29.4 Å². The molecule has 0 aromatic heterocycles. The molecule has 1 aliphatic heterocycles.